The summed E-state index contributed by atoms with van der Waals surface area (Å²) in [5.41, 5.74) is 1.39. The molecule has 1 aliphatic rings. The van der Waals surface area contributed by atoms with Crippen molar-refractivity contribution in [2.45, 2.75) is 12.8 Å². The topological polar surface area (TPSA) is 92.2 Å². The molecule has 2 aromatic rings. The number of nitrogens with zero attached hydrogens (tertiary/aromatic N) is 2. The number of carboxylic acids is 1. The van der Waals surface area contributed by atoms with Crippen LogP contribution >= 0.6 is 39.0 Å². The Hall–Kier alpha value is -1.71. The highest BCUT2D eigenvalue weighted by Gasteiger charge is 2.18. The lowest BCUT2D eigenvalue weighted by Gasteiger charge is -2.00. The Kier molecular flexibility index (Phi) is 5.32. The molecular weight excluding hydrogens is 414 g/mol. The third kappa shape index (κ3) is 4.22. The van der Waals surface area contributed by atoms with E-state index in [-0.39, 0.29) is 12.3 Å². The van der Waals surface area contributed by atoms with E-state index in [4.69, 9.17) is 5.11 Å². The fraction of sp³-hybridized carbons (Fsp3) is 0.200. The maximum absolute atomic E-state index is 11.3. The van der Waals surface area contributed by atoms with Gasteiger partial charge in [0.2, 0.25) is 5.91 Å². The number of thiazole rings is 1. The van der Waals surface area contributed by atoms with Gasteiger partial charge in [0, 0.05) is 21.6 Å². The lowest BCUT2D eigenvalue weighted by Crippen LogP contribution is -2.13. The Bertz CT molecular complexity index is 818. The van der Waals surface area contributed by atoms with Crippen LogP contribution < -0.4 is 5.32 Å². The summed E-state index contributed by atoms with van der Waals surface area (Å²) in [6, 6.07) is 3.71. The number of hydrogen-bond donors (Lipinski definition) is 2. The van der Waals surface area contributed by atoms with Gasteiger partial charge in [-0.3, -0.25) is 14.6 Å². The average molecular weight is 426 g/mol. The molecule has 3 heterocycles. The van der Waals surface area contributed by atoms with E-state index in [9.17, 15) is 9.59 Å². The summed E-state index contributed by atoms with van der Waals surface area (Å²) < 4.78 is 0.862. The maximum atomic E-state index is 11.3. The summed E-state index contributed by atoms with van der Waals surface area (Å²) in [5, 5.41) is 13.2. The molecule has 0 bridgehead atoms. The molecule has 0 unspecified atom stereocenters. The van der Waals surface area contributed by atoms with Crippen LogP contribution in [0.15, 0.2) is 27.8 Å². The third-order valence-corrected chi connectivity index (χ3v) is 5.59. The van der Waals surface area contributed by atoms with Crippen molar-refractivity contribution in [1.82, 2.24) is 15.3 Å². The van der Waals surface area contributed by atoms with Crippen molar-refractivity contribution in [3.05, 3.63) is 37.7 Å². The Morgan fingerprint density at radius 3 is 2.92 bits per heavy atom. The van der Waals surface area contributed by atoms with Crippen molar-refractivity contribution in [2.75, 3.05) is 5.75 Å². The molecule has 9 heteroatoms. The molecule has 1 fully saturated rings. The molecule has 0 saturated carbocycles. The fourth-order valence-electron chi connectivity index (χ4n) is 2.08. The van der Waals surface area contributed by atoms with Crippen molar-refractivity contribution < 1.29 is 14.7 Å². The fourth-order valence-corrected chi connectivity index (χ4v) is 4.15. The van der Waals surface area contributed by atoms with Crippen LogP contribution in [0.1, 0.15) is 16.3 Å². The van der Waals surface area contributed by atoms with Gasteiger partial charge in [-0.1, -0.05) is 11.8 Å². The second kappa shape index (κ2) is 7.45. The molecule has 0 atom stereocenters. The second-order valence-electron chi connectivity index (χ2n) is 4.92. The predicted octanol–water partition coefficient (Wildman–Crippen LogP) is 3.15. The molecular formula is C15H12BrN3O3S2. The first kappa shape index (κ1) is 17.1. The molecule has 2 aromatic heterocycles. The highest BCUT2D eigenvalue weighted by atomic mass is 79.9. The largest absolute Gasteiger partial charge is 0.481 e. The summed E-state index contributed by atoms with van der Waals surface area (Å²) >= 11 is 6.19. The maximum Gasteiger partial charge on any atom is 0.303 e. The van der Waals surface area contributed by atoms with Gasteiger partial charge in [-0.2, -0.15) is 0 Å². The number of aromatic nitrogens is 2. The molecule has 3 rings (SSSR count). The molecule has 1 aliphatic heterocycles. The van der Waals surface area contributed by atoms with Crippen LogP contribution in [-0.2, 0) is 16.0 Å². The van der Waals surface area contributed by atoms with E-state index >= 15 is 0 Å². The first-order valence-corrected chi connectivity index (χ1v) is 9.58. The summed E-state index contributed by atoms with van der Waals surface area (Å²) in [6.07, 6.45) is 3.92. The number of carbonyl (C=O) groups excluding carboxylic acids is 1. The van der Waals surface area contributed by atoms with E-state index in [0.29, 0.717) is 23.6 Å². The molecule has 0 aromatic carbocycles. The molecule has 0 aliphatic carbocycles. The van der Waals surface area contributed by atoms with Crippen molar-refractivity contribution in [1.29, 1.82) is 0 Å². The second-order valence-corrected chi connectivity index (χ2v) is 7.97. The standard InChI is InChI=1S/C15H12BrN3O3S2/c16-8-1-2-9(17-6-8)15-10(3-4-14(21)22)24-13(19-15)5-12-18-11(20)7-23-12/h1-2,5-6H,3-4,7H2,(H,18,20)(H,21,22)/b12-5+. The SMILES string of the molecule is O=C(O)CCc1sc(/C=C2\NC(=O)CS2)nc1-c1ccc(Br)cn1. The lowest BCUT2D eigenvalue weighted by molar-refractivity contribution is -0.137. The van der Waals surface area contributed by atoms with Crippen LogP contribution in [0, 0.1) is 0 Å². The molecule has 0 radical (unpaired) electrons. The number of carbonyl (C=O) groups is 2. The number of rotatable bonds is 5. The number of amides is 1. The molecule has 0 spiro atoms. The zero-order chi connectivity index (χ0) is 17.1. The van der Waals surface area contributed by atoms with Gasteiger partial charge >= 0.3 is 5.97 Å². The summed E-state index contributed by atoms with van der Waals surface area (Å²) in [5.74, 6) is -0.468. The number of aryl methyl sites for hydroxylation is 1. The highest BCUT2D eigenvalue weighted by Crippen LogP contribution is 2.31. The lowest BCUT2D eigenvalue weighted by atomic mass is 10.2. The monoisotopic (exact) mass is 425 g/mol. The molecule has 2 N–H and O–H groups in total. The van der Waals surface area contributed by atoms with Gasteiger partial charge in [-0.15, -0.1) is 11.3 Å². The van der Waals surface area contributed by atoms with E-state index < -0.39 is 5.97 Å². The highest BCUT2D eigenvalue weighted by molar-refractivity contribution is 9.10. The van der Waals surface area contributed by atoms with Gasteiger partial charge in [-0.25, -0.2) is 4.98 Å². The number of nitrogens with one attached hydrogen (secondary N) is 1. The van der Waals surface area contributed by atoms with Gasteiger partial charge in [-0.05, 0) is 34.5 Å². The van der Waals surface area contributed by atoms with Crippen molar-refractivity contribution >= 4 is 57.0 Å². The normalized spacial score (nSPS) is 15.7. The quantitative estimate of drug-likeness (QED) is 0.763. The van der Waals surface area contributed by atoms with Crippen LogP contribution in [0.4, 0.5) is 0 Å². The Morgan fingerprint density at radius 1 is 1.46 bits per heavy atom. The Balaban J connectivity index is 1.94. The van der Waals surface area contributed by atoms with Crippen molar-refractivity contribution in [3.8, 4) is 11.4 Å². The van der Waals surface area contributed by atoms with Crippen molar-refractivity contribution in [3.63, 3.8) is 0 Å². The van der Waals surface area contributed by atoms with E-state index in [2.05, 4.69) is 31.2 Å². The van der Waals surface area contributed by atoms with Gasteiger partial charge in [0.15, 0.2) is 0 Å². The number of pyridine rings is 1. The molecule has 124 valence electrons. The van der Waals surface area contributed by atoms with Gasteiger partial charge in [0.05, 0.1) is 22.9 Å². The Morgan fingerprint density at radius 2 is 2.29 bits per heavy atom. The summed E-state index contributed by atoms with van der Waals surface area (Å²) in [4.78, 5) is 32.0. The minimum absolute atomic E-state index is 0.0243. The van der Waals surface area contributed by atoms with Gasteiger partial charge in [0.1, 0.15) is 10.7 Å². The molecule has 1 saturated heterocycles. The smallest absolute Gasteiger partial charge is 0.303 e. The number of thioether (sulfide) groups is 1. The van der Waals surface area contributed by atoms with E-state index in [0.717, 1.165) is 19.4 Å². The number of aliphatic carboxylic acids is 1. The summed E-state index contributed by atoms with van der Waals surface area (Å²) in [6.45, 7) is 0. The van der Waals surface area contributed by atoms with E-state index in [1.807, 2.05) is 18.2 Å². The first-order valence-electron chi connectivity index (χ1n) is 6.99. The predicted molar refractivity (Wildman–Crippen MR) is 97.6 cm³/mol. The minimum atomic E-state index is -0.850. The van der Waals surface area contributed by atoms with Crippen LogP contribution in [0.5, 0.6) is 0 Å². The Labute approximate surface area is 154 Å². The third-order valence-electron chi connectivity index (χ3n) is 3.13. The van der Waals surface area contributed by atoms with Crippen LogP contribution in [0.25, 0.3) is 17.5 Å². The zero-order valence-corrected chi connectivity index (χ0v) is 15.5. The number of halogens is 1. The minimum Gasteiger partial charge on any atom is -0.481 e. The molecule has 1 amide bonds. The summed E-state index contributed by atoms with van der Waals surface area (Å²) in [7, 11) is 0. The van der Waals surface area contributed by atoms with Crippen LogP contribution in [0.3, 0.4) is 0 Å². The van der Waals surface area contributed by atoms with Gasteiger partial charge in [0.25, 0.3) is 0 Å². The zero-order valence-electron chi connectivity index (χ0n) is 12.3. The van der Waals surface area contributed by atoms with Gasteiger partial charge < -0.3 is 10.4 Å². The van der Waals surface area contributed by atoms with Crippen LogP contribution in [-0.4, -0.2) is 32.7 Å². The van der Waals surface area contributed by atoms with E-state index in [1.165, 1.54) is 23.1 Å². The average Bonchev–Trinajstić information content (AvgIpc) is 3.12. The number of carboxylic acid groups (broad SMARTS) is 1. The van der Waals surface area contributed by atoms with Crippen molar-refractivity contribution in [2.24, 2.45) is 0 Å². The van der Waals surface area contributed by atoms with E-state index in [1.54, 1.807) is 6.20 Å². The molecule has 24 heavy (non-hydrogen) atoms. The number of hydrogen-bond acceptors (Lipinski definition) is 6. The first-order chi connectivity index (χ1) is 11.5. The molecule has 6 nitrogen and oxygen atoms in total. The van der Waals surface area contributed by atoms with Crippen LogP contribution in [0.2, 0.25) is 0 Å².